The van der Waals surface area contributed by atoms with Gasteiger partial charge in [0.15, 0.2) is 0 Å². The zero-order valence-electron chi connectivity index (χ0n) is 7.69. The third kappa shape index (κ3) is 2.56. The lowest BCUT2D eigenvalue weighted by molar-refractivity contribution is 0.0697. The molecule has 1 aromatic rings. The second-order valence-electron chi connectivity index (χ2n) is 2.70. The Balaban J connectivity index is 3.00. The quantitative estimate of drug-likeness (QED) is 0.282. The highest BCUT2D eigenvalue weighted by Gasteiger charge is 2.02. The number of hydrogen-bond acceptors (Lipinski definition) is 3. The van der Waals surface area contributed by atoms with Gasteiger partial charge in [-0.2, -0.15) is 0 Å². The van der Waals surface area contributed by atoms with E-state index in [0.717, 1.165) is 0 Å². The van der Waals surface area contributed by atoms with Crippen molar-refractivity contribution in [2.75, 3.05) is 0 Å². The number of hydrogen-bond donors (Lipinski definition) is 3. The second-order valence-corrected chi connectivity index (χ2v) is 2.70. The van der Waals surface area contributed by atoms with Crippen LogP contribution in [0.1, 0.15) is 17.3 Å². The topological polar surface area (TPSA) is 87.7 Å². The van der Waals surface area contributed by atoms with Gasteiger partial charge in [-0.1, -0.05) is 6.07 Å². The van der Waals surface area contributed by atoms with Crippen LogP contribution in [0.15, 0.2) is 29.3 Å². The lowest BCUT2D eigenvalue weighted by atomic mass is 10.2. The molecule has 0 aliphatic carbocycles. The summed E-state index contributed by atoms with van der Waals surface area (Å²) in [6.07, 6.45) is 0. The average Bonchev–Trinajstić information content (AvgIpc) is 2.18. The number of nitrogens with two attached hydrogens (primary N) is 1. The zero-order valence-corrected chi connectivity index (χ0v) is 7.69. The van der Waals surface area contributed by atoms with E-state index in [4.69, 9.17) is 10.9 Å². The first kappa shape index (κ1) is 10.2. The Labute approximate surface area is 81.2 Å². The van der Waals surface area contributed by atoms with Crippen LogP contribution in [0.2, 0.25) is 0 Å². The summed E-state index contributed by atoms with van der Waals surface area (Å²) in [5.41, 5.74) is 3.13. The first-order valence-electron chi connectivity index (χ1n) is 3.98. The van der Waals surface area contributed by atoms with E-state index in [0.29, 0.717) is 11.5 Å². The van der Waals surface area contributed by atoms with Crippen LogP contribution >= 0.6 is 0 Å². The summed E-state index contributed by atoms with van der Waals surface area (Å²) in [4.78, 5) is 14.7. The molecule has 0 fully saturated rings. The molecule has 1 aromatic carbocycles. The van der Waals surface area contributed by atoms with Crippen molar-refractivity contribution in [1.82, 2.24) is 5.43 Å². The monoisotopic (exact) mass is 193 g/mol. The number of aliphatic imine (C=N–C) groups is 1. The van der Waals surface area contributed by atoms with Gasteiger partial charge in [-0.15, -0.1) is 0 Å². The molecule has 1 rings (SSSR count). The van der Waals surface area contributed by atoms with Crippen molar-refractivity contribution in [3.63, 3.8) is 0 Å². The van der Waals surface area contributed by atoms with Gasteiger partial charge in [-0.05, 0) is 25.1 Å². The van der Waals surface area contributed by atoms with E-state index in [9.17, 15) is 4.79 Å². The third-order valence-electron chi connectivity index (χ3n) is 1.60. The molecule has 0 saturated carbocycles. The Hall–Kier alpha value is -1.88. The van der Waals surface area contributed by atoms with Crippen LogP contribution < -0.4 is 11.3 Å². The number of carboxylic acid groups (broad SMARTS) is 1. The van der Waals surface area contributed by atoms with E-state index < -0.39 is 5.97 Å². The molecule has 0 radical (unpaired) electrons. The summed E-state index contributed by atoms with van der Waals surface area (Å²) in [5, 5.41) is 8.71. The summed E-state index contributed by atoms with van der Waals surface area (Å²) in [6, 6.07) is 6.31. The van der Waals surface area contributed by atoms with Gasteiger partial charge in [0.25, 0.3) is 0 Å². The van der Waals surface area contributed by atoms with E-state index in [1.807, 2.05) is 0 Å². The number of carboxylic acids is 1. The van der Waals surface area contributed by atoms with Gasteiger partial charge in [0.2, 0.25) is 0 Å². The fraction of sp³-hybridized carbons (Fsp3) is 0.111. The van der Waals surface area contributed by atoms with Crippen molar-refractivity contribution in [2.45, 2.75) is 6.92 Å². The van der Waals surface area contributed by atoms with Crippen LogP contribution in [0.3, 0.4) is 0 Å². The highest BCUT2D eigenvalue weighted by Crippen LogP contribution is 2.13. The van der Waals surface area contributed by atoms with Gasteiger partial charge in [0, 0.05) is 0 Å². The molecule has 0 amide bonds. The molecule has 4 N–H and O–H groups in total. The number of rotatable bonds is 2. The maximum absolute atomic E-state index is 10.6. The number of amidine groups is 1. The molecule has 5 nitrogen and oxygen atoms in total. The van der Waals surface area contributed by atoms with Gasteiger partial charge < -0.3 is 10.5 Å². The Bertz CT molecular complexity index is 374. The standard InChI is InChI=1S/C9H11N3O2/c1-6(12-10)11-8-4-2-3-7(5-8)9(13)14/h2-5H,10H2,1H3,(H,11,12)(H,13,14). The van der Waals surface area contributed by atoms with Gasteiger partial charge in [-0.3, -0.25) is 0 Å². The summed E-state index contributed by atoms with van der Waals surface area (Å²) >= 11 is 0. The van der Waals surface area contributed by atoms with E-state index in [-0.39, 0.29) is 5.56 Å². The predicted octanol–water partition coefficient (Wildman–Crippen LogP) is 0.898. The minimum atomic E-state index is -0.972. The number of aromatic carboxylic acids is 1. The second kappa shape index (κ2) is 4.38. The molecule has 0 unspecified atom stereocenters. The Morgan fingerprint density at radius 3 is 2.86 bits per heavy atom. The molecular weight excluding hydrogens is 182 g/mol. The largest absolute Gasteiger partial charge is 0.478 e. The first-order chi connectivity index (χ1) is 6.63. The van der Waals surface area contributed by atoms with E-state index in [1.165, 1.54) is 12.1 Å². The number of carbonyl (C=O) groups is 1. The van der Waals surface area contributed by atoms with E-state index >= 15 is 0 Å². The molecule has 14 heavy (non-hydrogen) atoms. The maximum atomic E-state index is 10.6. The van der Waals surface area contributed by atoms with Crippen molar-refractivity contribution in [3.05, 3.63) is 29.8 Å². The van der Waals surface area contributed by atoms with Crippen LogP contribution in [0.25, 0.3) is 0 Å². The molecule has 0 heterocycles. The average molecular weight is 193 g/mol. The number of nitrogens with one attached hydrogen (secondary N) is 1. The Kier molecular flexibility index (Phi) is 3.19. The predicted molar refractivity (Wildman–Crippen MR) is 53.5 cm³/mol. The molecule has 0 bridgehead atoms. The van der Waals surface area contributed by atoms with Gasteiger partial charge in [0.05, 0.1) is 11.3 Å². The molecule has 0 saturated heterocycles. The Morgan fingerprint density at radius 2 is 2.29 bits per heavy atom. The van der Waals surface area contributed by atoms with Crippen LogP contribution in [0.5, 0.6) is 0 Å². The smallest absolute Gasteiger partial charge is 0.335 e. The fourth-order valence-corrected chi connectivity index (χ4v) is 0.934. The number of nitrogens with zero attached hydrogens (tertiary/aromatic N) is 1. The lowest BCUT2D eigenvalue weighted by Crippen LogP contribution is -2.27. The minimum absolute atomic E-state index is 0.205. The maximum Gasteiger partial charge on any atom is 0.335 e. The number of hydrazine groups is 1. The third-order valence-corrected chi connectivity index (χ3v) is 1.60. The van der Waals surface area contributed by atoms with Crippen molar-refractivity contribution < 1.29 is 9.90 Å². The van der Waals surface area contributed by atoms with Crippen LogP contribution in [-0.4, -0.2) is 16.9 Å². The number of benzene rings is 1. The van der Waals surface area contributed by atoms with Gasteiger partial charge in [0.1, 0.15) is 5.84 Å². The molecule has 0 aliphatic heterocycles. The molecule has 0 aliphatic rings. The zero-order chi connectivity index (χ0) is 10.6. The van der Waals surface area contributed by atoms with E-state index in [1.54, 1.807) is 19.1 Å². The normalized spacial score (nSPS) is 11.1. The van der Waals surface area contributed by atoms with Crippen molar-refractivity contribution in [3.8, 4) is 0 Å². The highest BCUT2D eigenvalue weighted by molar-refractivity contribution is 5.89. The summed E-state index contributed by atoms with van der Waals surface area (Å²) in [6.45, 7) is 1.69. The van der Waals surface area contributed by atoms with Crippen molar-refractivity contribution >= 4 is 17.5 Å². The van der Waals surface area contributed by atoms with Gasteiger partial charge >= 0.3 is 5.97 Å². The molecule has 0 spiro atoms. The fourth-order valence-electron chi connectivity index (χ4n) is 0.934. The van der Waals surface area contributed by atoms with Crippen molar-refractivity contribution in [1.29, 1.82) is 0 Å². The molecular formula is C9H11N3O2. The summed E-state index contributed by atoms with van der Waals surface area (Å²) in [5.74, 6) is 4.67. The first-order valence-corrected chi connectivity index (χ1v) is 3.98. The summed E-state index contributed by atoms with van der Waals surface area (Å²) in [7, 11) is 0. The van der Waals surface area contributed by atoms with Crippen LogP contribution in [-0.2, 0) is 0 Å². The SMILES string of the molecule is CC(=Nc1cccc(C(=O)O)c1)NN. The minimum Gasteiger partial charge on any atom is -0.478 e. The van der Waals surface area contributed by atoms with Crippen LogP contribution in [0.4, 0.5) is 5.69 Å². The lowest BCUT2D eigenvalue weighted by Gasteiger charge is -1.99. The van der Waals surface area contributed by atoms with Crippen molar-refractivity contribution in [2.24, 2.45) is 10.8 Å². The Morgan fingerprint density at radius 1 is 1.57 bits per heavy atom. The molecule has 0 atom stereocenters. The molecule has 5 heteroatoms. The molecule has 74 valence electrons. The molecule has 0 aromatic heterocycles. The van der Waals surface area contributed by atoms with Crippen LogP contribution in [0, 0.1) is 0 Å². The van der Waals surface area contributed by atoms with Gasteiger partial charge in [-0.25, -0.2) is 15.6 Å². The highest BCUT2D eigenvalue weighted by atomic mass is 16.4. The van der Waals surface area contributed by atoms with E-state index in [2.05, 4.69) is 10.4 Å². The summed E-state index contributed by atoms with van der Waals surface area (Å²) < 4.78 is 0.